The van der Waals surface area contributed by atoms with E-state index in [0.29, 0.717) is 24.2 Å². The maximum atomic E-state index is 12.5. The van der Waals surface area contributed by atoms with Gasteiger partial charge in [0.25, 0.3) is 0 Å². The third-order valence-corrected chi connectivity index (χ3v) is 9.73. The van der Waals surface area contributed by atoms with E-state index in [2.05, 4.69) is 36.4 Å². The lowest BCUT2D eigenvalue weighted by Gasteiger charge is -2.61. The molecule has 2 amide bonds. The second-order valence-electron chi connectivity index (χ2n) is 9.65. The molecule has 8 atom stereocenters. The van der Waals surface area contributed by atoms with Gasteiger partial charge < -0.3 is 10.2 Å². The summed E-state index contributed by atoms with van der Waals surface area (Å²) in [7, 11) is 0. The molecule has 7 heteroatoms. The van der Waals surface area contributed by atoms with Crippen molar-refractivity contribution in [2.24, 2.45) is 34.5 Å². The Kier molecular flexibility index (Phi) is 4.56. The molecule has 1 aliphatic heterocycles. The molecule has 3 unspecified atom stereocenters. The van der Waals surface area contributed by atoms with E-state index in [0.717, 1.165) is 43.4 Å². The fourth-order valence-electron chi connectivity index (χ4n) is 7.56. The van der Waals surface area contributed by atoms with Crippen LogP contribution in [-0.4, -0.2) is 43.0 Å². The van der Waals surface area contributed by atoms with Gasteiger partial charge in [-0.15, -0.1) is 0 Å². The fraction of sp³-hybridized carbons (Fsp3) is 0.850. The number of carbonyl (C=O) groups is 3. The van der Waals surface area contributed by atoms with Crippen LogP contribution in [0.2, 0.25) is 0 Å². The van der Waals surface area contributed by atoms with E-state index >= 15 is 0 Å². The zero-order chi connectivity index (χ0) is 19.7. The van der Waals surface area contributed by atoms with E-state index in [1.165, 1.54) is 0 Å². The highest BCUT2D eigenvalue weighted by molar-refractivity contribution is 14.1. The monoisotopic (exact) mass is 489 g/mol. The summed E-state index contributed by atoms with van der Waals surface area (Å²) in [6, 6.07) is -0.240. The number of hydrogen-bond donors (Lipinski definition) is 2. The lowest BCUT2D eigenvalue weighted by atomic mass is 9.47. The molecule has 4 fully saturated rings. The first kappa shape index (κ1) is 19.5. The number of nitrogens with zero attached hydrogens (tertiary/aromatic N) is 1. The van der Waals surface area contributed by atoms with Crippen molar-refractivity contribution in [3.8, 4) is 0 Å². The number of likely N-dealkylation sites (tertiary alicyclic amines) is 1. The van der Waals surface area contributed by atoms with Crippen LogP contribution in [0.5, 0.6) is 0 Å². The van der Waals surface area contributed by atoms with Crippen LogP contribution in [0.25, 0.3) is 0 Å². The molecule has 3 aliphatic carbocycles. The number of fused-ring (bicyclic) bond motifs is 5. The van der Waals surface area contributed by atoms with Crippen molar-refractivity contribution in [2.45, 2.75) is 68.8 Å². The topological polar surface area (TPSA) is 94.9 Å². The molecule has 0 aromatic rings. The Labute approximate surface area is 173 Å². The summed E-state index contributed by atoms with van der Waals surface area (Å²) in [6.45, 7) is 4.36. The predicted molar refractivity (Wildman–Crippen MR) is 107 cm³/mol. The molecule has 0 spiro atoms. The van der Waals surface area contributed by atoms with Crippen molar-refractivity contribution in [3.63, 3.8) is 0 Å². The molecule has 2 N–H and O–H groups in total. The second-order valence-corrected chi connectivity index (χ2v) is 11.2. The highest BCUT2D eigenvalue weighted by atomic mass is 127. The average Bonchev–Trinajstić information content (AvgIpc) is 2.93. The van der Waals surface area contributed by atoms with E-state index in [9.17, 15) is 24.6 Å². The Bertz CT molecular complexity index is 698. The number of aliphatic carboxylic acids is 1. The molecular formula is C20H28INO5. The van der Waals surface area contributed by atoms with Crippen molar-refractivity contribution in [3.05, 3.63) is 0 Å². The molecule has 1 heterocycles. The third kappa shape index (κ3) is 2.59. The van der Waals surface area contributed by atoms with Crippen LogP contribution < -0.4 is 0 Å². The minimum Gasteiger partial charge on any atom is -0.481 e. The predicted octanol–water partition coefficient (Wildman–Crippen LogP) is 4.01. The Morgan fingerprint density at radius 2 is 1.70 bits per heavy atom. The largest absolute Gasteiger partial charge is 0.481 e. The molecule has 0 aromatic carbocycles. The van der Waals surface area contributed by atoms with Crippen LogP contribution >= 0.6 is 22.6 Å². The zero-order valence-electron chi connectivity index (χ0n) is 15.9. The van der Waals surface area contributed by atoms with Crippen molar-refractivity contribution >= 4 is 40.6 Å². The molecule has 150 valence electrons. The Morgan fingerprint density at radius 3 is 2.33 bits per heavy atom. The maximum Gasteiger partial charge on any atom is 0.414 e. The van der Waals surface area contributed by atoms with Gasteiger partial charge in [0.1, 0.15) is 0 Å². The first-order valence-electron chi connectivity index (χ1n) is 10.0. The van der Waals surface area contributed by atoms with Gasteiger partial charge in [0.2, 0.25) is 5.91 Å². The number of imide groups is 1. The van der Waals surface area contributed by atoms with E-state index in [4.69, 9.17) is 0 Å². The molecule has 4 aliphatic rings. The van der Waals surface area contributed by atoms with Gasteiger partial charge in [-0.25, -0.2) is 9.69 Å². The lowest BCUT2D eigenvalue weighted by molar-refractivity contribution is -0.160. The van der Waals surface area contributed by atoms with Crippen molar-refractivity contribution in [2.75, 3.05) is 0 Å². The summed E-state index contributed by atoms with van der Waals surface area (Å²) in [6.07, 6.45) is 4.78. The first-order chi connectivity index (χ1) is 12.6. The summed E-state index contributed by atoms with van der Waals surface area (Å²) in [5.41, 5.74) is -0.347. The highest BCUT2D eigenvalue weighted by Gasteiger charge is 2.64. The number of carbonyl (C=O) groups excluding carboxylic acids is 1. The molecule has 0 bridgehead atoms. The number of rotatable bonds is 1. The molecular weight excluding hydrogens is 461 g/mol. The standard InChI is InChI=1S/C20H28INO5/c1-19-8-7-12-10(11(19)4-5-13(19)17(24)25)3-6-15-20(12,2)9-14(21)16(23)22(15)18(26)27/h10-15H,3-9H2,1-2H3,(H,24,25)(H,26,27)/t10-,11-,12+,13?,14?,15?,19-,20+/m0/s1. The zero-order valence-corrected chi connectivity index (χ0v) is 18.0. The number of piperidine rings is 1. The number of carboxylic acids is 1. The quantitative estimate of drug-likeness (QED) is 0.429. The highest BCUT2D eigenvalue weighted by Crippen LogP contribution is 2.66. The molecule has 3 saturated carbocycles. The molecule has 27 heavy (non-hydrogen) atoms. The van der Waals surface area contributed by atoms with E-state index in [1.54, 1.807) is 0 Å². The Balaban J connectivity index is 1.68. The summed E-state index contributed by atoms with van der Waals surface area (Å²) in [5, 5.41) is 19.4. The third-order valence-electron chi connectivity index (χ3n) is 8.76. The van der Waals surface area contributed by atoms with Crippen molar-refractivity contribution in [1.82, 2.24) is 4.90 Å². The number of alkyl halides is 1. The lowest BCUT2D eigenvalue weighted by Crippen LogP contribution is -2.65. The van der Waals surface area contributed by atoms with Gasteiger partial charge in [0, 0.05) is 6.04 Å². The van der Waals surface area contributed by atoms with Gasteiger partial charge >= 0.3 is 12.1 Å². The van der Waals surface area contributed by atoms with Gasteiger partial charge in [-0.1, -0.05) is 36.4 Å². The van der Waals surface area contributed by atoms with Crippen LogP contribution in [0.1, 0.15) is 58.8 Å². The van der Waals surface area contributed by atoms with Crippen LogP contribution in [0.4, 0.5) is 4.79 Å². The Hall–Kier alpha value is -0.860. The van der Waals surface area contributed by atoms with E-state index < -0.39 is 12.1 Å². The minimum atomic E-state index is -1.12. The SMILES string of the molecule is C[C@]12CC(I)C(=O)N(C(=O)O)C1CC[C@@H]1[C@H]2CC[C@]2(C)C(C(=O)O)CC[C@@H]12. The average molecular weight is 489 g/mol. The van der Waals surface area contributed by atoms with Gasteiger partial charge in [0.05, 0.1) is 9.84 Å². The first-order valence-corrected chi connectivity index (χ1v) is 11.3. The van der Waals surface area contributed by atoms with Gasteiger partial charge in [-0.3, -0.25) is 9.59 Å². The van der Waals surface area contributed by atoms with Gasteiger partial charge in [0.15, 0.2) is 0 Å². The maximum absolute atomic E-state index is 12.5. The van der Waals surface area contributed by atoms with E-state index in [1.807, 2.05) is 0 Å². The molecule has 0 aromatic heterocycles. The minimum absolute atomic E-state index is 0.142. The second kappa shape index (κ2) is 6.32. The summed E-state index contributed by atoms with van der Waals surface area (Å²) < 4.78 is -0.303. The number of amides is 2. The molecule has 1 saturated heterocycles. The number of carboxylic acid groups (broad SMARTS) is 2. The molecule has 4 rings (SSSR count). The fourth-order valence-corrected chi connectivity index (χ4v) is 8.81. The van der Waals surface area contributed by atoms with Crippen LogP contribution in [0.15, 0.2) is 0 Å². The van der Waals surface area contributed by atoms with Gasteiger partial charge in [-0.2, -0.15) is 0 Å². The molecule has 6 nitrogen and oxygen atoms in total. The van der Waals surface area contributed by atoms with Gasteiger partial charge in [-0.05, 0) is 73.5 Å². The number of halogens is 1. The van der Waals surface area contributed by atoms with Crippen molar-refractivity contribution < 1.29 is 24.6 Å². The van der Waals surface area contributed by atoms with Crippen LogP contribution in [0.3, 0.4) is 0 Å². The normalized spacial score (nSPS) is 49.1. The van der Waals surface area contributed by atoms with Crippen LogP contribution in [0, 0.1) is 34.5 Å². The van der Waals surface area contributed by atoms with Crippen LogP contribution in [-0.2, 0) is 9.59 Å². The van der Waals surface area contributed by atoms with Crippen molar-refractivity contribution in [1.29, 1.82) is 0 Å². The smallest absolute Gasteiger partial charge is 0.414 e. The molecule has 0 radical (unpaired) electrons. The Morgan fingerprint density at radius 1 is 1.04 bits per heavy atom. The summed E-state index contributed by atoms with van der Waals surface area (Å²) in [5.74, 6) is 0.0341. The number of hydrogen-bond acceptors (Lipinski definition) is 3. The summed E-state index contributed by atoms with van der Waals surface area (Å²) in [4.78, 5) is 37.3. The van der Waals surface area contributed by atoms with E-state index in [-0.39, 0.29) is 32.6 Å². The summed E-state index contributed by atoms with van der Waals surface area (Å²) >= 11 is 2.11.